The monoisotopic (exact) mass is 508 g/mol. The van der Waals surface area contributed by atoms with Gasteiger partial charge in [0.25, 0.3) is 0 Å². The maximum Gasteiger partial charge on any atom is 0.407 e. The van der Waals surface area contributed by atoms with Crippen molar-refractivity contribution in [3.8, 4) is 5.75 Å². The summed E-state index contributed by atoms with van der Waals surface area (Å²) in [5.41, 5.74) is -0.189. The van der Waals surface area contributed by atoms with Crippen LogP contribution in [0.3, 0.4) is 0 Å². The Morgan fingerprint density at radius 2 is 1.72 bits per heavy atom. The molecule has 1 aliphatic heterocycles. The highest BCUT2D eigenvalue weighted by Crippen LogP contribution is 2.16. The molecule has 1 unspecified atom stereocenters. The van der Waals surface area contributed by atoms with Gasteiger partial charge in [0.05, 0.1) is 24.9 Å². The number of nitrogens with zero attached hydrogens (tertiary/aromatic N) is 1. The summed E-state index contributed by atoms with van der Waals surface area (Å²) >= 11 is 0. The topological polar surface area (TPSA) is 141 Å². The van der Waals surface area contributed by atoms with Gasteiger partial charge in [-0.1, -0.05) is 0 Å². The summed E-state index contributed by atoms with van der Waals surface area (Å²) in [7, 11) is 0. The highest BCUT2D eigenvalue weighted by atomic mass is 16.6. The van der Waals surface area contributed by atoms with Crippen molar-refractivity contribution in [3.63, 3.8) is 0 Å². The molecule has 0 bridgehead atoms. The number of rotatable bonds is 12. The normalized spacial score (nSPS) is 15.2. The fourth-order valence-electron chi connectivity index (χ4n) is 3.42. The molecule has 0 saturated carbocycles. The van der Waals surface area contributed by atoms with Crippen LogP contribution < -0.4 is 10.1 Å². The molecule has 1 aliphatic rings. The Bertz CT molecular complexity index is 888. The number of Topliss-reactive ketones (excluding diaryl/α,β-unsaturated/α-hetero) is 1. The van der Waals surface area contributed by atoms with E-state index < -0.39 is 29.6 Å². The molecule has 0 radical (unpaired) electrons. The van der Waals surface area contributed by atoms with Crippen molar-refractivity contribution in [3.05, 3.63) is 29.8 Å². The van der Waals surface area contributed by atoms with E-state index >= 15 is 0 Å². The van der Waals surface area contributed by atoms with Crippen molar-refractivity contribution in [2.75, 3.05) is 39.5 Å². The molecule has 1 aromatic rings. The Labute approximate surface area is 211 Å². The van der Waals surface area contributed by atoms with Crippen LogP contribution in [-0.4, -0.2) is 91.0 Å². The van der Waals surface area contributed by atoms with Gasteiger partial charge in [0.2, 0.25) is 5.91 Å². The Kier molecular flexibility index (Phi) is 11.1. The molecule has 1 aromatic carbocycles. The smallest absolute Gasteiger partial charge is 0.407 e. The zero-order chi connectivity index (χ0) is 26.7. The number of hydrogen-bond acceptors (Lipinski definition) is 8. The van der Waals surface area contributed by atoms with Crippen molar-refractivity contribution >= 4 is 23.8 Å². The number of piperidine rings is 1. The molecule has 36 heavy (non-hydrogen) atoms. The van der Waals surface area contributed by atoms with Gasteiger partial charge in [0, 0.05) is 18.7 Å². The van der Waals surface area contributed by atoms with Crippen LogP contribution in [0.4, 0.5) is 4.79 Å². The largest absolute Gasteiger partial charge is 0.482 e. The number of carbonyl (C=O) groups excluding carboxylic acids is 3. The summed E-state index contributed by atoms with van der Waals surface area (Å²) in [5, 5.41) is 11.7. The first-order chi connectivity index (χ1) is 17.0. The summed E-state index contributed by atoms with van der Waals surface area (Å²) in [4.78, 5) is 49.5. The third-order valence-electron chi connectivity index (χ3n) is 5.30. The summed E-state index contributed by atoms with van der Waals surface area (Å²) < 4.78 is 21.6. The fourth-order valence-corrected chi connectivity index (χ4v) is 3.42. The minimum Gasteiger partial charge on any atom is -0.482 e. The van der Waals surface area contributed by atoms with Crippen LogP contribution in [0.1, 0.15) is 50.9 Å². The average Bonchev–Trinajstić information content (AvgIpc) is 2.83. The predicted molar refractivity (Wildman–Crippen MR) is 129 cm³/mol. The zero-order valence-electron chi connectivity index (χ0n) is 21.3. The Morgan fingerprint density at radius 3 is 2.28 bits per heavy atom. The molecule has 1 heterocycles. The molecule has 0 aromatic heterocycles. The van der Waals surface area contributed by atoms with E-state index in [0.29, 0.717) is 37.2 Å². The maximum atomic E-state index is 13.2. The van der Waals surface area contributed by atoms with E-state index in [2.05, 4.69) is 5.32 Å². The SMILES string of the molecule is CCOC(=O)COc1ccc(C(=O)C(COC(C)(C)C)NC(=O)COC2CCN(C(=O)O)CC2)cc1. The van der Waals surface area contributed by atoms with E-state index in [-0.39, 0.29) is 38.3 Å². The van der Waals surface area contributed by atoms with Gasteiger partial charge >= 0.3 is 12.1 Å². The number of likely N-dealkylation sites (tertiary alicyclic amines) is 1. The molecule has 1 fully saturated rings. The lowest BCUT2D eigenvalue weighted by Crippen LogP contribution is -2.47. The Morgan fingerprint density at radius 1 is 1.08 bits per heavy atom. The van der Waals surface area contributed by atoms with E-state index in [0.717, 1.165) is 0 Å². The second-order valence-electron chi connectivity index (χ2n) is 9.31. The first-order valence-corrected chi connectivity index (χ1v) is 11.9. The van der Waals surface area contributed by atoms with Crippen molar-refractivity contribution < 1.29 is 43.2 Å². The highest BCUT2D eigenvalue weighted by molar-refractivity contribution is 6.02. The third-order valence-corrected chi connectivity index (χ3v) is 5.30. The van der Waals surface area contributed by atoms with E-state index in [1.807, 2.05) is 20.8 Å². The molecule has 2 amide bonds. The standard InChI is InChI=1S/C25H36N2O9/c1-5-33-22(29)16-35-18-8-6-17(7-9-18)23(30)20(14-36-25(2,3)4)26-21(28)15-34-19-10-12-27(13-11-19)24(31)32/h6-9,19-20H,5,10-16H2,1-4H3,(H,26,28)(H,31,32). The molecule has 1 saturated heterocycles. The van der Waals surface area contributed by atoms with E-state index in [1.165, 1.54) is 4.90 Å². The summed E-state index contributed by atoms with van der Waals surface area (Å²) in [5.74, 6) is -0.914. The molecule has 2 rings (SSSR count). The van der Waals surface area contributed by atoms with E-state index in [1.54, 1.807) is 31.2 Å². The lowest BCUT2D eigenvalue weighted by molar-refractivity contribution is -0.145. The van der Waals surface area contributed by atoms with Gasteiger partial charge in [-0.15, -0.1) is 0 Å². The highest BCUT2D eigenvalue weighted by Gasteiger charge is 2.27. The van der Waals surface area contributed by atoms with Crippen LogP contribution in [0.15, 0.2) is 24.3 Å². The quantitative estimate of drug-likeness (QED) is 0.321. The van der Waals surface area contributed by atoms with Crippen molar-refractivity contribution in [1.82, 2.24) is 10.2 Å². The van der Waals surface area contributed by atoms with Gasteiger partial charge in [-0.3, -0.25) is 9.59 Å². The molecule has 2 N–H and O–H groups in total. The van der Waals surface area contributed by atoms with E-state index in [9.17, 15) is 19.2 Å². The van der Waals surface area contributed by atoms with Gasteiger partial charge in [-0.25, -0.2) is 9.59 Å². The van der Waals surface area contributed by atoms with E-state index in [4.69, 9.17) is 24.1 Å². The first-order valence-electron chi connectivity index (χ1n) is 11.9. The Balaban J connectivity index is 1.94. The molecule has 1 atom stereocenters. The fraction of sp³-hybridized carbons (Fsp3) is 0.600. The predicted octanol–water partition coefficient (Wildman–Crippen LogP) is 2.27. The molecule has 11 heteroatoms. The molecular formula is C25H36N2O9. The number of esters is 1. The van der Waals surface area contributed by atoms with Gasteiger partial charge in [0.15, 0.2) is 12.4 Å². The molecule has 11 nitrogen and oxygen atoms in total. The molecule has 0 spiro atoms. The minimum absolute atomic E-state index is 0.0355. The second-order valence-corrected chi connectivity index (χ2v) is 9.31. The molecule has 0 aliphatic carbocycles. The number of nitrogens with one attached hydrogen (secondary N) is 1. The number of hydrogen-bond donors (Lipinski definition) is 2. The minimum atomic E-state index is -0.968. The Hall–Kier alpha value is -3.18. The number of benzene rings is 1. The lowest BCUT2D eigenvalue weighted by Gasteiger charge is -2.30. The van der Waals surface area contributed by atoms with Gasteiger partial charge < -0.3 is 34.3 Å². The van der Waals surface area contributed by atoms with Gasteiger partial charge in [0.1, 0.15) is 18.4 Å². The van der Waals surface area contributed by atoms with Gasteiger partial charge in [-0.05, 0) is 64.8 Å². The summed E-state index contributed by atoms with van der Waals surface area (Å²) in [6, 6.07) is 5.27. The number of amides is 2. The van der Waals surface area contributed by atoms with Crippen molar-refractivity contribution in [1.29, 1.82) is 0 Å². The summed E-state index contributed by atoms with van der Waals surface area (Å²) in [6.07, 6.45) is -0.197. The zero-order valence-corrected chi connectivity index (χ0v) is 21.3. The van der Waals surface area contributed by atoms with Crippen LogP contribution in [0.2, 0.25) is 0 Å². The molecular weight excluding hydrogens is 472 g/mol. The first kappa shape index (κ1) is 29.1. The number of ether oxygens (including phenoxy) is 4. The number of carboxylic acid groups (broad SMARTS) is 1. The van der Waals surface area contributed by atoms with Crippen molar-refractivity contribution in [2.45, 2.75) is 58.3 Å². The van der Waals surface area contributed by atoms with Gasteiger partial charge in [-0.2, -0.15) is 0 Å². The van der Waals surface area contributed by atoms with Crippen LogP contribution in [0.5, 0.6) is 5.75 Å². The van der Waals surface area contributed by atoms with Crippen LogP contribution in [-0.2, 0) is 23.8 Å². The summed E-state index contributed by atoms with van der Waals surface area (Å²) in [6.45, 7) is 7.67. The third kappa shape index (κ3) is 10.2. The van der Waals surface area contributed by atoms with Crippen LogP contribution >= 0.6 is 0 Å². The lowest BCUT2D eigenvalue weighted by atomic mass is 10.0. The second kappa shape index (κ2) is 13.8. The number of carbonyl (C=O) groups is 4. The van der Waals surface area contributed by atoms with Crippen LogP contribution in [0, 0.1) is 0 Å². The number of ketones is 1. The average molecular weight is 509 g/mol. The van der Waals surface area contributed by atoms with Crippen LogP contribution in [0.25, 0.3) is 0 Å². The molecule has 200 valence electrons. The van der Waals surface area contributed by atoms with Crippen molar-refractivity contribution in [2.24, 2.45) is 0 Å². The maximum absolute atomic E-state index is 13.2.